The molecule has 0 aromatic heterocycles. The first kappa shape index (κ1) is 14.6. The lowest BCUT2D eigenvalue weighted by Crippen LogP contribution is -2.58. The predicted molar refractivity (Wildman–Crippen MR) is 43.4 cm³/mol. The molecule has 15 heavy (non-hydrogen) atoms. The molecule has 0 aliphatic heterocycles. The number of alkyl halides is 4. The van der Waals surface area contributed by atoms with Gasteiger partial charge in [-0.15, -0.1) is 0 Å². The van der Waals surface area contributed by atoms with E-state index in [9.17, 15) is 17.6 Å². The predicted octanol–water partition coefficient (Wildman–Crippen LogP) is 1.47. The maximum Gasteiger partial charge on any atom is 0.388 e. The van der Waals surface area contributed by atoms with Gasteiger partial charge in [-0.25, -0.2) is 0 Å². The van der Waals surface area contributed by atoms with Crippen LogP contribution in [0.5, 0.6) is 0 Å². The van der Waals surface area contributed by atoms with E-state index in [1.54, 1.807) is 6.92 Å². The zero-order chi connectivity index (χ0) is 12.3. The van der Waals surface area contributed by atoms with E-state index in [2.05, 4.69) is 0 Å². The Morgan fingerprint density at radius 1 is 0.933 bits per heavy atom. The van der Waals surface area contributed by atoms with Gasteiger partial charge in [0.2, 0.25) is 0 Å². The first-order valence-corrected chi connectivity index (χ1v) is 4.49. The Morgan fingerprint density at radius 2 is 1.40 bits per heavy atom. The summed E-state index contributed by atoms with van der Waals surface area (Å²) in [5.74, 6) is -14.6. The lowest BCUT2D eigenvalue weighted by Gasteiger charge is -2.32. The maximum atomic E-state index is 12.8. The van der Waals surface area contributed by atoms with Crippen LogP contribution in [0, 0.1) is 0 Å². The largest absolute Gasteiger partial charge is 0.388 e. The van der Waals surface area contributed by atoms with Crippen LogP contribution in [0.25, 0.3) is 0 Å². The summed E-state index contributed by atoms with van der Waals surface area (Å²) >= 11 is 0. The fourth-order valence-corrected chi connectivity index (χ4v) is 0.999. The van der Waals surface area contributed by atoms with E-state index < -0.39 is 24.2 Å². The van der Waals surface area contributed by atoms with Gasteiger partial charge in [0.15, 0.2) is 0 Å². The molecule has 0 aliphatic carbocycles. The van der Waals surface area contributed by atoms with Gasteiger partial charge in [-0.3, -0.25) is 0 Å². The van der Waals surface area contributed by atoms with E-state index in [0.717, 1.165) is 0 Å². The van der Waals surface area contributed by atoms with Gasteiger partial charge in [-0.05, 0) is 6.42 Å². The monoisotopic (exact) mass is 234 g/mol. The lowest BCUT2D eigenvalue weighted by atomic mass is 10.0. The molecule has 0 saturated heterocycles. The lowest BCUT2D eigenvalue weighted by molar-refractivity contribution is -0.445. The van der Waals surface area contributed by atoms with E-state index in [-0.39, 0.29) is 6.42 Å². The zero-order valence-electron chi connectivity index (χ0n) is 8.18. The summed E-state index contributed by atoms with van der Waals surface area (Å²) in [6.07, 6.45) is -0.516. The second kappa shape index (κ2) is 4.63. The fraction of sp³-hybridized carbons (Fsp3) is 1.00. The highest BCUT2D eigenvalue weighted by Gasteiger charge is 2.68. The van der Waals surface area contributed by atoms with Crippen molar-refractivity contribution in [1.82, 2.24) is 0 Å². The van der Waals surface area contributed by atoms with Crippen LogP contribution in [0.3, 0.4) is 0 Å². The SMILES string of the molecule is CCCCCC(F)(F)C(F)(F)C(O)(O)O. The molecule has 0 aromatic rings. The number of rotatable bonds is 6. The number of hydrogen-bond acceptors (Lipinski definition) is 3. The van der Waals surface area contributed by atoms with Gasteiger partial charge in [0.1, 0.15) is 0 Å². The zero-order valence-corrected chi connectivity index (χ0v) is 8.18. The molecule has 92 valence electrons. The molecule has 3 N–H and O–H groups in total. The van der Waals surface area contributed by atoms with Gasteiger partial charge in [0, 0.05) is 6.42 Å². The Balaban J connectivity index is 4.56. The minimum atomic E-state index is -5.28. The van der Waals surface area contributed by atoms with E-state index in [1.807, 2.05) is 0 Å². The molecule has 0 bridgehead atoms. The molecule has 0 radical (unpaired) electrons. The van der Waals surface area contributed by atoms with Crippen molar-refractivity contribution in [2.75, 3.05) is 0 Å². The van der Waals surface area contributed by atoms with Crippen LogP contribution in [-0.2, 0) is 0 Å². The van der Waals surface area contributed by atoms with Crippen molar-refractivity contribution in [3.8, 4) is 0 Å². The number of unbranched alkanes of at least 4 members (excludes halogenated alkanes) is 2. The van der Waals surface area contributed by atoms with Crippen LogP contribution in [0.1, 0.15) is 32.6 Å². The van der Waals surface area contributed by atoms with Gasteiger partial charge in [-0.1, -0.05) is 19.8 Å². The third kappa shape index (κ3) is 3.29. The Kier molecular flexibility index (Phi) is 4.50. The first-order valence-electron chi connectivity index (χ1n) is 4.49. The Morgan fingerprint density at radius 3 is 1.73 bits per heavy atom. The molecule has 0 heterocycles. The molecule has 0 fully saturated rings. The summed E-state index contributed by atoms with van der Waals surface area (Å²) in [7, 11) is 0. The molecule has 3 nitrogen and oxygen atoms in total. The minimum Gasteiger partial charge on any atom is -0.339 e. The highest BCUT2D eigenvalue weighted by atomic mass is 19.3. The smallest absolute Gasteiger partial charge is 0.339 e. The van der Waals surface area contributed by atoms with Crippen molar-refractivity contribution in [1.29, 1.82) is 0 Å². The summed E-state index contributed by atoms with van der Waals surface area (Å²) in [5, 5.41) is 24.4. The molecule has 0 rings (SSSR count). The van der Waals surface area contributed by atoms with Crippen LogP contribution < -0.4 is 0 Å². The second-order valence-electron chi connectivity index (χ2n) is 3.37. The highest BCUT2D eigenvalue weighted by molar-refractivity contribution is 4.89. The molecular formula is C8H14F4O3. The van der Waals surface area contributed by atoms with Crippen molar-refractivity contribution in [3.63, 3.8) is 0 Å². The average Bonchev–Trinajstić information content (AvgIpc) is 2.02. The van der Waals surface area contributed by atoms with Crippen LogP contribution in [0.2, 0.25) is 0 Å². The summed E-state index contributed by atoms with van der Waals surface area (Å²) < 4.78 is 50.9. The third-order valence-electron chi connectivity index (χ3n) is 1.97. The minimum absolute atomic E-state index is 0.185. The quantitative estimate of drug-likeness (QED) is 0.370. The Hall–Kier alpha value is -0.400. The summed E-state index contributed by atoms with van der Waals surface area (Å²) in [6, 6.07) is 0. The summed E-state index contributed by atoms with van der Waals surface area (Å²) in [5.41, 5.74) is 0. The molecule has 0 aliphatic rings. The fourth-order valence-electron chi connectivity index (χ4n) is 0.999. The molecular weight excluding hydrogens is 220 g/mol. The van der Waals surface area contributed by atoms with Gasteiger partial charge >= 0.3 is 17.8 Å². The van der Waals surface area contributed by atoms with Crippen LogP contribution in [-0.4, -0.2) is 33.1 Å². The molecule has 0 spiro atoms. The Labute approximate surface area is 84.3 Å². The second-order valence-corrected chi connectivity index (χ2v) is 3.37. The van der Waals surface area contributed by atoms with Crippen LogP contribution >= 0.6 is 0 Å². The van der Waals surface area contributed by atoms with E-state index in [4.69, 9.17) is 15.3 Å². The molecule has 0 amide bonds. The summed E-state index contributed by atoms with van der Waals surface area (Å²) in [4.78, 5) is 0. The number of halogens is 4. The number of aliphatic hydroxyl groups is 3. The normalized spacial score (nSPS) is 14.4. The summed E-state index contributed by atoms with van der Waals surface area (Å²) in [6.45, 7) is 1.70. The standard InChI is InChI=1S/C8H14F4O3/c1-2-3-4-5-6(9,10)7(11,12)8(13,14)15/h13-15H,2-5H2,1H3. The van der Waals surface area contributed by atoms with Gasteiger partial charge < -0.3 is 15.3 Å². The van der Waals surface area contributed by atoms with E-state index >= 15 is 0 Å². The van der Waals surface area contributed by atoms with Crippen LogP contribution in [0.4, 0.5) is 17.6 Å². The highest BCUT2D eigenvalue weighted by Crippen LogP contribution is 2.43. The van der Waals surface area contributed by atoms with Crippen molar-refractivity contribution in [2.45, 2.75) is 50.4 Å². The van der Waals surface area contributed by atoms with Gasteiger partial charge in [-0.2, -0.15) is 17.6 Å². The van der Waals surface area contributed by atoms with E-state index in [1.165, 1.54) is 0 Å². The van der Waals surface area contributed by atoms with Crippen molar-refractivity contribution in [2.24, 2.45) is 0 Å². The molecule has 0 unspecified atom stereocenters. The van der Waals surface area contributed by atoms with Crippen molar-refractivity contribution < 1.29 is 32.9 Å². The van der Waals surface area contributed by atoms with E-state index in [0.29, 0.717) is 12.8 Å². The van der Waals surface area contributed by atoms with Gasteiger partial charge in [0.25, 0.3) is 0 Å². The topological polar surface area (TPSA) is 60.7 Å². The third-order valence-corrected chi connectivity index (χ3v) is 1.97. The van der Waals surface area contributed by atoms with Crippen molar-refractivity contribution >= 4 is 0 Å². The van der Waals surface area contributed by atoms with Crippen molar-refractivity contribution in [3.05, 3.63) is 0 Å². The number of hydrogen-bond donors (Lipinski definition) is 3. The average molecular weight is 234 g/mol. The maximum absolute atomic E-state index is 12.8. The van der Waals surface area contributed by atoms with Crippen LogP contribution in [0.15, 0.2) is 0 Å². The Bertz CT molecular complexity index is 201. The first-order chi connectivity index (χ1) is 6.56. The molecule has 0 atom stereocenters. The molecule has 0 saturated carbocycles. The molecule has 7 heteroatoms. The van der Waals surface area contributed by atoms with Gasteiger partial charge in [0.05, 0.1) is 0 Å². The molecule has 0 aromatic carbocycles.